The first-order chi connectivity index (χ1) is 17.5. The Balaban J connectivity index is 1.86. The van der Waals surface area contributed by atoms with E-state index in [0.29, 0.717) is 17.9 Å². The number of nitrogens with zero attached hydrogens (tertiary/aromatic N) is 1. The highest BCUT2D eigenvalue weighted by Gasteiger charge is 2.33. The standard InChI is InChI=1S/C26H36N2O7S2/c1-18(2)14-28(37(32,33)21-10-11-24-25(13-21)35-17-34-24)15-23(29)22(12-20-8-6-5-7-9-20)27-26(30)19(3)16-36(4)31/h5-11,13,18-19,22-23,29H,12,14-17H2,1-4H3,(H,27,30)/t19-,22?,23-,36?/m1/s1. The lowest BCUT2D eigenvalue weighted by Crippen LogP contribution is -2.52. The fourth-order valence-electron chi connectivity index (χ4n) is 4.10. The molecule has 37 heavy (non-hydrogen) atoms. The van der Waals surface area contributed by atoms with Crippen LogP contribution < -0.4 is 14.8 Å². The van der Waals surface area contributed by atoms with Crippen molar-refractivity contribution in [3.63, 3.8) is 0 Å². The van der Waals surface area contributed by atoms with Crippen molar-refractivity contribution in [1.82, 2.24) is 9.62 Å². The molecule has 0 bridgehead atoms. The number of aliphatic hydroxyl groups excluding tert-OH is 1. The zero-order valence-corrected chi connectivity index (χ0v) is 23.3. The van der Waals surface area contributed by atoms with Gasteiger partial charge in [-0.05, 0) is 30.0 Å². The number of fused-ring (bicyclic) bond motifs is 1. The van der Waals surface area contributed by atoms with Gasteiger partial charge in [0.2, 0.25) is 22.7 Å². The molecule has 0 fully saturated rings. The summed E-state index contributed by atoms with van der Waals surface area (Å²) in [7, 11) is -5.15. The quantitative estimate of drug-likeness (QED) is 0.391. The normalized spacial score (nSPS) is 16.4. The van der Waals surface area contributed by atoms with Gasteiger partial charge in [0.05, 0.1) is 17.0 Å². The molecule has 4 atom stereocenters. The first-order valence-corrected chi connectivity index (χ1v) is 15.4. The maximum atomic E-state index is 13.6. The van der Waals surface area contributed by atoms with Crippen molar-refractivity contribution in [1.29, 1.82) is 0 Å². The zero-order chi connectivity index (χ0) is 27.2. The van der Waals surface area contributed by atoms with Crippen LogP contribution in [0.15, 0.2) is 53.4 Å². The maximum absolute atomic E-state index is 13.6. The van der Waals surface area contributed by atoms with E-state index in [1.807, 2.05) is 44.2 Å². The predicted molar refractivity (Wildman–Crippen MR) is 142 cm³/mol. The number of rotatable bonds is 13. The number of carbonyl (C=O) groups excluding carboxylic acids is 1. The highest BCUT2D eigenvalue weighted by atomic mass is 32.2. The van der Waals surface area contributed by atoms with Crippen LogP contribution in [0.5, 0.6) is 11.5 Å². The number of hydrogen-bond donors (Lipinski definition) is 2. The average molecular weight is 553 g/mol. The minimum Gasteiger partial charge on any atom is -0.454 e. The highest BCUT2D eigenvalue weighted by Crippen LogP contribution is 2.34. The molecule has 1 heterocycles. The minimum absolute atomic E-state index is 0.0160. The van der Waals surface area contributed by atoms with Crippen molar-refractivity contribution in [2.24, 2.45) is 11.8 Å². The number of ether oxygens (including phenoxy) is 2. The van der Waals surface area contributed by atoms with Gasteiger partial charge in [-0.15, -0.1) is 0 Å². The highest BCUT2D eigenvalue weighted by molar-refractivity contribution is 7.89. The van der Waals surface area contributed by atoms with Crippen LogP contribution in [0.25, 0.3) is 0 Å². The van der Waals surface area contributed by atoms with Gasteiger partial charge in [0.1, 0.15) is 0 Å². The molecule has 0 saturated carbocycles. The number of sulfonamides is 1. The van der Waals surface area contributed by atoms with Crippen molar-refractivity contribution in [2.75, 3.05) is 31.9 Å². The Bertz CT molecular complexity index is 1190. The molecule has 0 radical (unpaired) electrons. The molecular formula is C26H36N2O7S2. The van der Waals surface area contributed by atoms with Crippen LogP contribution in [0.4, 0.5) is 0 Å². The molecule has 0 aliphatic carbocycles. The minimum atomic E-state index is -3.99. The molecule has 1 amide bonds. The zero-order valence-electron chi connectivity index (χ0n) is 21.6. The van der Waals surface area contributed by atoms with Crippen LogP contribution in [-0.4, -0.2) is 72.0 Å². The fourth-order valence-corrected chi connectivity index (χ4v) is 6.60. The largest absolute Gasteiger partial charge is 0.454 e. The van der Waals surface area contributed by atoms with Crippen LogP contribution in [0.3, 0.4) is 0 Å². The number of carbonyl (C=O) groups is 1. The second kappa shape index (κ2) is 12.9. The summed E-state index contributed by atoms with van der Waals surface area (Å²) >= 11 is 0. The molecule has 0 spiro atoms. The van der Waals surface area contributed by atoms with Gasteiger partial charge in [-0.3, -0.25) is 9.00 Å². The van der Waals surface area contributed by atoms with Crippen LogP contribution >= 0.6 is 0 Å². The van der Waals surface area contributed by atoms with Crippen LogP contribution in [0.1, 0.15) is 26.3 Å². The Morgan fingerprint density at radius 1 is 1.08 bits per heavy atom. The van der Waals surface area contributed by atoms with E-state index in [1.54, 1.807) is 13.0 Å². The first kappa shape index (κ1) is 29.1. The van der Waals surface area contributed by atoms with Gasteiger partial charge in [-0.1, -0.05) is 51.1 Å². The number of benzene rings is 2. The summed E-state index contributed by atoms with van der Waals surface area (Å²) in [5, 5.41) is 14.2. The molecular weight excluding hydrogens is 516 g/mol. The van der Waals surface area contributed by atoms with E-state index in [1.165, 1.54) is 22.7 Å². The molecule has 0 aromatic heterocycles. The summed E-state index contributed by atoms with van der Waals surface area (Å²) in [5.41, 5.74) is 0.882. The lowest BCUT2D eigenvalue weighted by molar-refractivity contribution is -0.125. The molecule has 2 aromatic rings. The van der Waals surface area contributed by atoms with Crippen molar-refractivity contribution in [3.8, 4) is 11.5 Å². The number of hydrogen-bond acceptors (Lipinski definition) is 7. The van der Waals surface area contributed by atoms with Gasteiger partial charge in [0.25, 0.3) is 0 Å². The molecule has 204 valence electrons. The number of aliphatic hydroxyl groups is 1. The molecule has 3 rings (SSSR count). The van der Waals surface area contributed by atoms with Gasteiger partial charge in [0.15, 0.2) is 11.5 Å². The molecule has 1 aliphatic heterocycles. The van der Waals surface area contributed by atoms with Gasteiger partial charge >= 0.3 is 0 Å². The van der Waals surface area contributed by atoms with Gasteiger partial charge in [-0.25, -0.2) is 8.42 Å². The number of amides is 1. The SMILES string of the molecule is CC(C)CN(C[C@@H](O)C(Cc1ccccc1)NC(=O)[C@H](C)CS(C)=O)S(=O)(=O)c1ccc2c(c1)OCO2. The molecule has 2 N–H and O–H groups in total. The third-order valence-electron chi connectivity index (χ3n) is 5.96. The second-order valence-corrected chi connectivity index (χ2v) is 13.2. The van der Waals surface area contributed by atoms with E-state index in [-0.39, 0.29) is 42.4 Å². The van der Waals surface area contributed by atoms with Crippen molar-refractivity contribution in [2.45, 2.75) is 44.2 Å². The Morgan fingerprint density at radius 3 is 2.41 bits per heavy atom. The van der Waals surface area contributed by atoms with E-state index < -0.39 is 38.9 Å². The van der Waals surface area contributed by atoms with Gasteiger partial charge < -0.3 is 19.9 Å². The van der Waals surface area contributed by atoms with E-state index in [4.69, 9.17) is 9.47 Å². The molecule has 2 aromatic carbocycles. The van der Waals surface area contributed by atoms with E-state index in [2.05, 4.69) is 5.32 Å². The van der Waals surface area contributed by atoms with Crippen LogP contribution in [0, 0.1) is 11.8 Å². The predicted octanol–water partition coefficient (Wildman–Crippen LogP) is 2.16. The second-order valence-electron chi connectivity index (χ2n) is 9.74. The number of nitrogens with one attached hydrogen (secondary N) is 1. The summed E-state index contributed by atoms with van der Waals surface area (Å²) in [4.78, 5) is 12.9. The smallest absolute Gasteiger partial charge is 0.243 e. The van der Waals surface area contributed by atoms with Crippen molar-refractivity contribution >= 4 is 26.7 Å². The van der Waals surface area contributed by atoms with E-state index in [0.717, 1.165) is 5.56 Å². The third kappa shape index (κ3) is 8.00. The van der Waals surface area contributed by atoms with Gasteiger partial charge in [-0.2, -0.15) is 4.31 Å². The topological polar surface area (TPSA) is 122 Å². The van der Waals surface area contributed by atoms with Gasteiger partial charge in [0, 0.05) is 47.9 Å². The fraction of sp³-hybridized carbons (Fsp3) is 0.500. The summed E-state index contributed by atoms with van der Waals surface area (Å²) in [6.45, 7) is 5.44. The van der Waals surface area contributed by atoms with E-state index >= 15 is 0 Å². The first-order valence-electron chi connectivity index (χ1n) is 12.2. The van der Waals surface area contributed by atoms with E-state index in [9.17, 15) is 22.5 Å². The molecule has 1 aliphatic rings. The summed E-state index contributed by atoms with van der Waals surface area (Å²) in [6, 6.07) is 13.0. The summed E-state index contributed by atoms with van der Waals surface area (Å²) in [5.74, 6) is 0.130. The molecule has 2 unspecified atom stereocenters. The Labute approximate surface area is 221 Å². The molecule has 11 heteroatoms. The molecule has 9 nitrogen and oxygen atoms in total. The molecule has 0 saturated heterocycles. The maximum Gasteiger partial charge on any atom is 0.243 e. The average Bonchev–Trinajstić information content (AvgIpc) is 3.31. The monoisotopic (exact) mass is 552 g/mol. The summed E-state index contributed by atoms with van der Waals surface area (Å²) in [6.07, 6.45) is 0.631. The van der Waals surface area contributed by atoms with Crippen LogP contribution in [-0.2, 0) is 32.0 Å². The Kier molecular flexibility index (Phi) is 10.1. The van der Waals surface area contributed by atoms with Crippen molar-refractivity contribution < 1.29 is 32.0 Å². The van der Waals surface area contributed by atoms with Crippen LogP contribution in [0.2, 0.25) is 0 Å². The lowest BCUT2D eigenvalue weighted by atomic mass is 10.00. The Morgan fingerprint density at radius 2 is 1.76 bits per heavy atom. The summed E-state index contributed by atoms with van der Waals surface area (Å²) < 4.78 is 50.8. The lowest BCUT2D eigenvalue weighted by Gasteiger charge is -2.31. The van der Waals surface area contributed by atoms with Crippen molar-refractivity contribution in [3.05, 3.63) is 54.1 Å². The third-order valence-corrected chi connectivity index (χ3v) is 8.76. The Hall–Kier alpha value is -2.47.